The van der Waals surface area contributed by atoms with E-state index in [0.29, 0.717) is 19.4 Å². The van der Waals surface area contributed by atoms with Crippen molar-refractivity contribution in [2.24, 2.45) is 0 Å². The minimum absolute atomic E-state index is 0.0713. The molecule has 0 saturated carbocycles. The third-order valence-corrected chi connectivity index (χ3v) is 5.30. The zero-order valence-corrected chi connectivity index (χ0v) is 15.4. The van der Waals surface area contributed by atoms with Gasteiger partial charge in [-0.1, -0.05) is 42.5 Å². The van der Waals surface area contributed by atoms with Crippen molar-refractivity contribution >= 4 is 27.5 Å². The van der Waals surface area contributed by atoms with Gasteiger partial charge in [0.1, 0.15) is 0 Å². The summed E-state index contributed by atoms with van der Waals surface area (Å²) in [6.07, 6.45) is 1.15. The van der Waals surface area contributed by atoms with Gasteiger partial charge in [0.05, 0.1) is 21.3 Å². The average molecular weight is 353 g/mol. The molecule has 0 bridgehead atoms. The van der Waals surface area contributed by atoms with E-state index in [-0.39, 0.29) is 11.9 Å². The average Bonchev–Trinajstić information content (AvgIpc) is 3.04. The van der Waals surface area contributed by atoms with Crippen molar-refractivity contribution < 1.29 is 4.79 Å². The number of aromatic nitrogens is 1. The molecule has 0 fully saturated rings. The van der Waals surface area contributed by atoms with Crippen LogP contribution in [0.5, 0.6) is 0 Å². The summed E-state index contributed by atoms with van der Waals surface area (Å²) in [5.41, 5.74) is 2.22. The lowest BCUT2D eigenvalue weighted by Crippen LogP contribution is -2.34. The number of rotatable bonds is 7. The Morgan fingerprint density at radius 2 is 1.84 bits per heavy atom. The molecule has 0 radical (unpaired) electrons. The highest BCUT2D eigenvalue weighted by Gasteiger charge is 2.15. The second kappa shape index (κ2) is 8.23. The third-order valence-electron chi connectivity index (χ3n) is 4.20. The van der Waals surface area contributed by atoms with Gasteiger partial charge in [-0.2, -0.15) is 0 Å². The number of carbonyl (C=O) groups is 1. The molecule has 25 heavy (non-hydrogen) atoms. The van der Waals surface area contributed by atoms with Crippen molar-refractivity contribution in [1.29, 1.82) is 0 Å². The second-order valence-electron chi connectivity index (χ2n) is 6.27. The van der Waals surface area contributed by atoms with Crippen molar-refractivity contribution in [2.45, 2.75) is 18.9 Å². The minimum atomic E-state index is 0.0713. The molecular weight excluding hydrogens is 330 g/mol. The Labute approximate surface area is 152 Å². The van der Waals surface area contributed by atoms with Crippen LogP contribution in [0, 0.1) is 0 Å². The Bertz CT molecular complexity index is 796. The van der Waals surface area contributed by atoms with Crippen LogP contribution < -0.4 is 5.32 Å². The van der Waals surface area contributed by atoms with Crippen LogP contribution in [0.4, 0.5) is 0 Å². The summed E-state index contributed by atoms with van der Waals surface area (Å²) in [6.45, 7) is 0.607. The maximum atomic E-state index is 12.2. The smallest absolute Gasteiger partial charge is 0.220 e. The van der Waals surface area contributed by atoms with Gasteiger partial charge in [0.15, 0.2) is 0 Å². The fourth-order valence-corrected chi connectivity index (χ4v) is 3.79. The number of para-hydroxylation sites is 1. The number of likely N-dealkylation sites (N-methyl/N-ethyl adjacent to an activating group) is 1. The quantitative estimate of drug-likeness (QED) is 0.705. The van der Waals surface area contributed by atoms with E-state index in [1.54, 1.807) is 11.3 Å². The number of aryl methyl sites for hydroxylation is 1. The first-order valence-electron chi connectivity index (χ1n) is 8.46. The molecule has 1 amide bonds. The van der Waals surface area contributed by atoms with E-state index in [1.165, 1.54) is 10.3 Å². The maximum Gasteiger partial charge on any atom is 0.220 e. The van der Waals surface area contributed by atoms with E-state index in [2.05, 4.69) is 33.4 Å². The lowest BCUT2D eigenvalue weighted by molar-refractivity contribution is -0.121. The molecule has 5 heteroatoms. The number of carbonyl (C=O) groups excluding carboxylic acids is 1. The molecule has 0 aliphatic rings. The fraction of sp³-hybridized carbons (Fsp3) is 0.300. The van der Waals surface area contributed by atoms with E-state index < -0.39 is 0 Å². The van der Waals surface area contributed by atoms with Gasteiger partial charge in [0.2, 0.25) is 5.91 Å². The van der Waals surface area contributed by atoms with Crippen LogP contribution in [0.15, 0.2) is 54.6 Å². The van der Waals surface area contributed by atoms with E-state index in [4.69, 9.17) is 0 Å². The largest absolute Gasteiger partial charge is 0.354 e. The van der Waals surface area contributed by atoms with E-state index in [1.807, 2.05) is 50.5 Å². The van der Waals surface area contributed by atoms with E-state index >= 15 is 0 Å². The molecule has 3 aromatic rings. The maximum absolute atomic E-state index is 12.2. The molecular formula is C20H23N3OS. The predicted octanol–water partition coefficient (Wildman–Crippen LogP) is 3.65. The van der Waals surface area contributed by atoms with Gasteiger partial charge < -0.3 is 10.2 Å². The molecule has 1 aromatic heterocycles. The highest BCUT2D eigenvalue weighted by molar-refractivity contribution is 7.18. The van der Waals surface area contributed by atoms with Gasteiger partial charge in [-0.05, 0) is 31.8 Å². The predicted molar refractivity (Wildman–Crippen MR) is 104 cm³/mol. The van der Waals surface area contributed by atoms with Gasteiger partial charge in [0, 0.05) is 19.4 Å². The number of nitrogens with zero attached hydrogens (tertiary/aromatic N) is 2. The van der Waals surface area contributed by atoms with Gasteiger partial charge >= 0.3 is 0 Å². The molecule has 1 atom stereocenters. The highest BCUT2D eigenvalue weighted by Crippen LogP contribution is 2.22. The summed E-state index contributed by atoms with van der Waals surface area (Å²) in [5, 5.41) is 4.08. The van der Waals surface area contributed by atoms with Crippen LogP contribution in [-0.4, -0.2) is 36.4 Å². The van der Waals surface area contributed by atoms with E-state index in [0.717, 1.165) is 10.5 Å². The monoisotopic (exact) mass is 353 g/mol. The van der Waals surface area contributed by atoms with Crippen LogP contribution in [0.1, 0.15) is 23.0 Å². The van der Waals surface area contributed by atoms with Crippen molar-refractivity contribution in [3.63, 3.8) is 0 Å². The topological polar surface area (TPSA) is 45.2 Å². The SMILES string of the molecule is CN(C)[C@@H](CNC(=O)CCc1nc2ccccc2s1)c1ccccc1. The second-order valence-corrected chi connectivity index (χ2v) is 7.38. The van der Waals surface area contributed by atoms with Crippen molar-refractivity contribution in [3.05, 3.63) is 65.2 Å². The molecule has 0 aliphatic heterocycles. The Morgan fingerprint density at radius 1 is 1.12 bits per heavy atom. The van der Waals surface area contributed by atoms with Crippen LogP contribution in [-0.2, 0) is 11.2 Å². The first-order valence-corrected chi connectivity index (χ1v) is 9.27. The number of fused-ring (bicyclic) bond motifs is 1. The fourth-order valence-electron chi connectivity index (χ4n) is 2.82. The number of thiazole rings is 1. The zero-order chi connectivity index (χ0) is 17.6. The number of hydrogen-bond donors (Lipinski definition) is 1. The Morgan fingerprint density at radius 3 is 2.56 bits per heavy atom. The van der Waals surface area contributed by atoms with Crippen molar-refractivity contribution in [3.8, 4) is 0 Å². The molecule has 1 N–H and O–H groups in total. The minimum Gasteiger partial charge on any atom is -0.354 e. The van der Waals surface area contributed by atoms with Crippen molar-refractivity contribution in [1.82, 2.24) is 15.2 Å². The van der Waals surface area contributed by atoms with Gasteiger partial charge in [-0.25, -0.2) is 4.98 Å². The number of benzene rings is 2. The molecule has 2 aromatic carbocycles. The van der Waals surface area contributed by atoms with Crippen LogP contribution >= 0.6 is 11.3 Å². The van der Waals surface area contributed by atoms with Crippen molar-refractivity contribution in [2.75, 3.05) is 20.6 Å². The summed E-state index contributed by atoms with van der Waals surface area (Å²) in [5.74, 6) is 0.0713. The lowest BCUT2D eigenvalue weighted by atomic mass is 10.1. The number of amides is 1. The highest BCUT2D eigenvalue weighted by atomic mass is 32.1. The third kappa shape index (κ3) is 4.65. The molecule has 0 unspecified atom stereocenters. The Hall–Kier alpha value is -2.24. The first-order chi connectivity index (χ1) is 12.1. The summed E-state index contributed by atoms with van der Waals surface area (Å²) >= 11 is 1.67. The summed E-state index contributed by atoms with van der Waals surface area (Å²) < 4.78 is 1.18. The standard InChI is InChI=1S/C20H23N3OS/c1-23(2)17(15-8-4-3-5-9-15)14-21-19(24)12-13-20-22-16-10-6-7-11-18(16)25-20/h3-11,17H,12-14H2,1-2H3,(H,21,24)/t17-/m0/s1. The zero-order valence-electron chi connectivity index (χ0n) is 14.6. The number of nitrogens with one attached hydrogen (secondary N) is 1. The Balaban J connectivity index is 1.53. The first kappa shape index (κ1) is 17.6. The summed E-state index contributed by atoms with van der Waals surface area (Å²) in [7, 11) is 4.07. The van der Waals surface area contributed by atoms with E-state index in [9.17, 15) is 4.79 Å². The number of hydrogen-bond acceptors (Lipinski definition) is 4. The Kier molecular flexibility index (Phi) is 5.79. The summed E-state index contributed by atoms with van der Waals surface area (Å²) in [4.78, 5) is 19.0. The summed E-state index contributed by atoms with van der Waals surface area (Å²) in [6, 6.07) is 18.5. The van der Waals surface area contributed by atoms with Crippen LogP contribution in [0.25, 0.3) is 10.2 Å². The molecule has 0 saturated heterocycles. The normalized spacial score (nSPS) is 12.4. The lowest BCUT2D eigenvalue weighted by Gasteiger charge is -2.25. The van der Waals surface area contributed by atoms with Gasteiger partial charge in [-0.15, -0.1) is 11.3 Å². The molecule has 0 spiro atoms. The van der Waals surface area contributed by atoms with Crippen LogP contribution in [0.3, 0.4) is 0 Å². The van der Waals surface area contributed by atoms with Gasteiger partial charge in [0.25, 0.3) is 0 Å². The molecule has 4 nitrogen and oxygen atoms in total. The molecule has 0 aliphatic carbocycles. The van der Waals surface area contributed by atoms with Crippen LogP contribution in [0.2, 0.25) is 0 Å². The molecule has 3 rings (SSSR count). The molecule has 1 heterocycles. The molecule has 130 valence electrons. The van der Waals surface area contributed by atoms with Gasteiger partial charge in [-0.3, -0.25) is 4.79 Å².